The molecule has 0 radical (unpaired) electrons. The van der Waals surface area contributed by atoms with E-state index in [0.717, 1.165) is 35.9 Å². The summed E-state index contributed by atoms with van der Waals surface area (Å²) < 4.78 is 5.44. The number of carbonyl (C=O) groups is 1. The van der Waals surface area contributed by atoms with Crippen molar-refractivity contribution < 1.29 is 9.53 Å². The van der Waals surface area contributed by atoms with E-state index in [9.17, 15) is 4.79 Å². The predicted molar refractivity (Wildman–Crippen MR) is 115 cm³/mol. The second kappa shape index (κ2) is 8.57. The third-order valence-corrected chi connectivity index (χ3v) is 5.27. The molecule has 1 aromatic heterocycles. The smallest absolute Gasteiger partial charge is 0.253 e. The fraction of sp³-hybridized carbons (Fsp3) is 0.273. The standard InChI is InChI=1S/C22H23ClN4O2/c1-2-29-19-9-5-17(6-10-19)22(28)27-13-11-26(12-14-27)21-15-20(24-25-21)16-3-7-18(23)8-4-16/h3-10,15H,2,11-14H2,1H3,(H,24,25). The number of rotatable bonds is 5. The minimum absolute atomic E-state index is 0.0524. The van der Waals surface area contributed by atoms with Crippen LogP contribution in [-0.4, -0.2) is 53.8 Å². The molecule has 2 aromatic carbocycles. The molecule has 0 aliphatic carbocycles. The van der Waals surface area contributed by atoms with Crippen molar-refractivity contribution in [1.29, 1.82) is 0 Å². The lowest BCUT2D eigenvalue weighted by molar-refractivity contribution is 0.0746. The molecule has 29 heavy (non-hydrogen) atoms. The van der Waals surface area contributed by atoms with E-state index < -0.39 is 0 Å². The molecule has 3 aromatic rings. The highest BCUT2D eigenvalue weighted by Crippen LogP contribution is 2.24. The van der Waals surface area contributed by atoms with E-state index in [1.807, 2.05) is 66.4 Å². The summed E-state index contributed by atoms with van der Waals surface area (Å²) in [6.45, 7) is 5.37. The molecule has 1 saturated heterocycles. The first kappa shape index (κ1) is 19.3. The van der Waals surface area contributed by atoms with Crippen LogP contribution in [0.5, 0.6) is 5.75 Å². The lowest BCUT2D eigenvalue weighted by Crippen LogP contribution is -2.48. The average molecular weight is 411 g/mol. The van der Waals surface area contributed by atoms with Gasteiger partial charge in [-0.1, -0.05) is 23.7 Å². The lowest BCUT2D eigenvalue weighted by atomic mass is 10.1. The molecule has 6 nitrogen and oxygen atoms in total. The summed E-state index contributed by atoms with van der Waals surface area (Å²) in [7, 11) is 0. The summed E-state index contributed by atoms with van der Waals surface area (Å²) in [6.07, 6.45) is 0. The van der Waals surface area contributed by atoms with Crippen LogP contribution in [0.25, 0.3) is 11.3 Å². The highest BCUT2D eigenvalue weighted by atomic mass is 35.5. The number of halogens is 1. The first-order chi connectivity index (χ1) is 14.1. The van der Waals surface area contributed by atoms with E-state index in [-0.39, 0.29) is 5.91 Å². The van der Waals surface area contributed by atoms with Crippen molar-refractivity contribution in [2.75, 3.05) is 37.7 Å². The van der Waals surface area contributed by atoms with Gasteiger partial charge in [-0.3, -0.25) is 9.89 Å². The maximum absolute atomic E-state index is 12.8. The van der Waals surface area contributed by atoms with Crippen molar-refractivity contribution in [2.45, 2.75) is 6.92 Å². The van der Waals surface area contributed by atoms with Crippen LogP contribution in [0.3, 0.4) is 0 Å². The highest BCUT2D eigenvalue weighted by Gasteiger charge is 2.23. The molecule has 0 saturated carbocycles. The number of nitrogens with one attached hydrogen (secondary N) is 1. The Balaban J connectivity index is 1.37. The number of benzene rings is 2. The molecule has 1 aliphatic heterocycles. The second-order valence-corrected chi connectivity index (χ2v) is 7.32. The largest absolute Gasteiger partial charge is 0.494 e. The minimum atomic E-state index is 0.0524. The molecule has 4 rings (SSSR count). The number of anilines is 1. The van der Waals surface area contributed by atoms with Crippen molar-refractivity contribution in [3.05, 3.63) is 65.2 Å². The van der Waals surface area contributed by atoms with Gasteiger partial charge in [0.25, 0.3) is 5.91 Å². The Morgan fingerprint density at radius 3 is 2.41 bits per heavy atom. The number of piperazine rings is 1. The Labute approximate surface area is 175 Å². The van der Waals surface area contributed by atoms with E-state index >= 15 is 0 Å². The molecule has 1 fully saturated rings. The normalized spacial score (nSPS) is 14.1. The molecule has 1 amide bonds. The first-order valence-corrected chi connectivity index (χ1v) is 10.1. The number of aromatic nitrogens is 2. The Bertz CT molecular complexity index is 961. The summed E-state index contributed by atoms with van der Waals surface area (Å²) in [5.41, 5.74) is 2.67. The van der Waals surface area contributed by atoms with Gasteiger partial charge in [-0.25, -0.2) is 0 Å². The third kappa shape index (κ3) is 4.38. The van der Waals surface area contributed by atoms with Gasteiger partial charge in [0.1, 0.15) is 5.75 Å². The second-order valence-electron chi connectivity index (χ2n) is 6.88. The monoisotopic (exact) mass is 410 g/mol. The van der Waals surface area contributed by atoms with Gasteiger partial charge in [-0.05, 0) is 48.9 Å². The van der Waals surface area contributed by atoms with Crippen molar-refractivity contribution in [3.63, 3.8) is 0 Å². The van der Waals surface area contributed by atoms with E-state index in [1.165, 1.54) is 0 Å². The average Bonchev–Trinajstić information content (AvgIpc) is 3.25. The van der Waals surface area contributed by atoms with Crippen LogP contribution in [0.1, 0.15) is 17.3 Å². The van der Waals surface area contributed by atoms with Gasteiger partial charge in [-0.15, -0.1) is 0 Å². The fourth-order valence-corrected chi connectivity index (χ4v) is 3.56. The van der Waals surface area contributed by atoms with Crippen LogP contribution in [-0.2, 0) is 0 Å². The summed E-state index contributed by atoms with van der Waals surface area (Å²) in [4.78, 5) is 16.8. The molecule has 7 heteroatoms. The maximum Gasteiger partial charge on any atom is 0.253 e. The van der Waals surface area contributed by atoms with Crippen LogP contribution in [0.2, 0.25) is 5.02 Å². The van der Waals surface area contributed by atoms with Gasteiger partial charge < -0.3 is 14.5 Å². The topological polar surface area (TPSA) is 61.5 Å². The van der Waals surface area contributed by atoms with Crippen molar-refractivity contribution in [2.24, 2.45) is 0 Å². The zero-order chi connectivity index (χ0) is 20.2. The summed E-state index contributed by atoms with van der Waals surface area (Å²) in [5, 5.41) is 8.24. The molecular weight excluding hydrogens is 388 g/mol. The number of carbonyl (C=O) groups excluding carboxylic acids is 1. The third-order valence-electron chi connectivity index (χ3n) is 5.02. The van der Waals surface area contributed by atoms with E-state index in [0.29, 0.717) is 30.3 Å². The van der Waals surface area contributed by atoms with E-state index in [2.05, 4.69) is 15.1 Å². The number of hydrogen-bond donors (Lipinski definition) is 1. The van der Waals surface area contributed by atoms with Crippen molar-refractivity contribution >= 4 is 23.3 Å². The Morgan fingerprint density at radius 1 is 1.07 bits per heavy atom. The minimum Gasteiger partial charge on any atom is -0.494 e. The van der Waals surface area contributed by atoms with Gasteiger partial charge in [-0.2, -0.15) is 5.10 Å². The van der Waals surface area contributed by atoms with Crippen molar-refractivity contribution in [3.8, 4) is 17.0 Å². The van der Waals surface area contributed by atoms with Crippen LogP contribution in [0, 0.1) is 0 Å². The van der Waals surface area contributed by atoms with Crippen molar-refractivity contribution in [1.82, 2.24) is 15.1 Å². The quantitative estimate of drug-likeness (QED) is 0.688. The number of ether oxygens (including phenoxy) is 1. The van der Waals surface area contributed by atoms with Gasteiger partial charge in [0.15, 0.2) is 5.82 Å². The van der Waals surface area contributed by atoms with Crippen LogP contribution in [0.4, 0.5) is 5.82 Å². The number of nitrogens with zero attached hydrogens (tertiary/aromatic N) is 3. The summed E-state index contributed by atoms with van der Waals surface area (Å²) in [6, 6.07) is 17.0. The van der Waals surface area contributed by atoms with Gasteiger partial charge in [0, 0.05) is 42.8 Å². The lowest BCUT2D eigenvalue weighted by Gasteiger charge is -2.34. The molecule has 0 atom stereocenters. The van der Waals surface area contributed by atoms with Crippen LogP contribution >= 0.6 is 11.6 Å². The Kier molecular flexibility index (Phi) is 5.71. The van der Waals surface area contributed by atoms with Crippen LogP contribution in [0.15, 0.2) is 54.6 Å². The zero-order valence-electron chi connectivity index (χ0n) is 16.3. The molecule has 0 unspecified atom stereocenters. The molecular formula is C22H23ClN4O2. The Morgan fingerprint density at radius 2 is 1.76 bits per heavy atom. The molecule has 2 heterocycles. The van der Waals surface area contributed by atoms with Gasteiger partial charge in [0.2, 0.25) is 0 Å². The summed E-state index contributed by atoms with van der Waals surface area (Å²) in [5.74, 6) is 1.73. The zero-order valence-corrected chi connectivity index (χ0v) is 17.0. The number of hydrogen-bond acceptors (Lipinski definition) is 4. The van der Waals surface area contributed by atoms with Gasteiger partial charge >= 0.3 is 0 Å². The number of H-pyrrole nitrogens is 1. The molecule has 0 spiro atoms. The predicted octanol–water partition coefficient (Wildman–Crippen LogP) is 4.09. The SMILES string of the molecule is CCOc1ccc(C(=O)N2CCN(c3cc(-c4ccc(Cl)cc4)[nH]n3)CC2)cc1. The number of aromatic amines is 1. The van der Waals surface area contributed by atoms with E-state index in [4.69, 9.17) is 16.3 Å². The van der Waals surface area contributed by atoms with Crippen LogP contribution < -0.4 is 9.64 Å². The molecule has 1 aliphatic rings. The molecule has 0 bridgehead atoms. The Hall–Kier alpha value is -2.99. The highest BCUT2D eigenvalue weighted by molar-refractivity contribution is 6.30. The number of amides is 1. The molecule has 150 valence electrons. The fourth-order valence-electron chi connectivity index (χ4n) is 3.43. The van der Waals surface area contributed by atoms with Gasteiger partial charge in [0.05, 0.1) is 12.3 Å². The first-order valence-electron chi connectivity index (χ1n) is 9.72. The molecule has 1 N–H and O–H groups in total. The van der Waals surface area contributed by atoms with E-state index in [1.54, 1.807) is 0 Å². The summed E-state index contributed by atoms with van der Waals surface area (Å²) >= 11 is 5.96. The maximum atomic E-state index is 12.8.